The topological polar surface area (TPSA) is 75.7 Å². The third-order valence-corrected chi connectivity index (χ3v) is 5.63. The molecule has 1 fully saturated rings. The molecule has 6 nitrogen and oxygen atoms in total. The van der Waals surface area contributed by atoms with Crippen molar-refractivity contribution in [1.82, 2.24) is 4.90 Å². The summed E-state index contributed by atoms with van der Waals surface area (Å²) in [6.07, 6.45) is 3.16. The Kier molecular flexibility index (Phi) is 7.28. The molecule has 1 saturated heterocycles. The van der Waals surface area contributed by atoms with Crippen molar-refractivity contribution in [3.8, 4) is 0 Å². The highest BCUT2D eigenvalue weighted by atomic mass is 32.2. The van der Waals surface area contributed by atoms with E-state index in [9.17, 15) is 13.2 Å². The zero-order chi connectivity index (χ0) is 20.7. The summed E-state index contributed by atoms with van der Waals surface area (Å²) in [5.41, 5.74) is 2.21. The second-order valence-electron chi connectivity index (χ2n) is 7.52. The van der Waals surface area contributed by atoms with E-state index in [0.29, 0.717) is 30.3 Å². The van der Waals surface area contributed by atoms with Crippen molar-refractivity contribution in [2.24, 2.45) is 5.92 Å². The van der Waals surface area contributed by atoms with Crippen molar-refractivity contribution >= 4 is 21.6 Å². The smallest absolute Gasteiger partial charge is 0.229 e. The first-order chi connectivity index (χ1) is 13.9. The van der Waals surface area contributed by atoms with E-state index in [1.165, 1.54) is 0 Å². The first kappa shape index (κ1) is 21.3. The molecule has 1 aliphatic rings. The van der Waals surface area contributed by atoms with Crippen LogP contribution in [0.15, 0.2) is 54.6 Å². The number of anilines is 1. The molecular weight excluding hydrogens is 388 g/mol. The third-order valence-electron chi connectivity index (χ3n) is 5.04. The Labute approximate surface area is 172 Å². The lowest BCUT2D eigenvalue weighted by Gasteiger charge is -2.30. The van der Waals surface area contributed by atoms with Crippen molar-refractivity contribution in [2.45, 2.75) is 25.8 Å². The summed E-state index contributed by atoms with van der Waals surface area (Å²) in [4.78, 5) is 15.1. The molecule has 0 aliphatic carbocycles. The molecule has 2 aromatic carbocycles. The highest BCUT2D eigenvalue weighted by Crippen LogP contribution is 2.21. The standard InChI is InChI=1S/C22H28N2O4S/c1-29(26,27)23-21-10-6-5-9-20(21)15-22(25)24(16-18-7-3-2-4-8-18)17-19-11-13-28-14-12-19/h2-10,19,23H,11-17H2,1H3. The summed E-state index contributed by atoms with van der Waals surface area (Å²) in [7, 11) is -3.42. The predicted molar refractivity (Wildman–Crippen MR) is 114 cm³/mol. The second-order valence-corrected chi connectivity index (χ2v) is 9.27. The summed E-state index contributed by atoms with van der Waals surface area (Å²) < 4.78 is 31.3. The van der Waals surface area contributed by atoms with E-state index >= 15 is 0 Å². The number of amides is 1. The maximum absolute atomic E-state index is 13.2. The number of ether oxygens (including phenoxy) is 1. The number of carbonyl (C=O) groups is 1. The van der Waals surface area contributed by atoms with E-state index in [0.717, 1.165) is 37.9 Å². The number of sulfonamides is 1. The van der Waals surface area contributed by atoms with E-state index in [-0.39, 0.29) is 12.3 Å². The van der Waals surface area contributed by atoms with Gasteiger partial charge in [-0.2, -0.15) is 0 Å². The van der Waals surface area contributed by atoms with Crippen LogP contribution in [0, 0.1) is 5.92 Å². The van der Waals surface area contributed by atoms with E-state index in [1.54, 1.807) is 18.2 Å². The van der Waals surface area contributed by atoms with Gasteiger partial charge in [-0.3, -0.25) is 9.52 Å². The van der Waals surface area contributed by atoms with Gasteiger partial charge in [0.1, 0.15) is 0 Å². The molecule has 0 unspecified atom stereocenters. The Morgan fingerprint density at radius 1 is 1.07 bits per heavy atom. The largest absolute Gasteiger partial charge is 0.381 e. The summed E-state index contributed by atoms with van der Waals surface area (Å²) in [6.45, 7) is 2.69. The van der Waals surface area contributed by atoms with Gasteiger partial charge in [0.15, 0.2) is 0 Å². The molecule has 0 saturated carbocycles. The molecular formula is C22H28N2O4S. The van der Waals surface area contributed by atoms with Crippen LogP contribution in [0.1, 0.15) is 24.0 Å². The Morgan fingerprint density at radius 2 is 1.72 bits per heavy atom. The van der Waals surface area contributed by atoms with Gasteiger partial charge in [-0.15, -0.1) is 0 Å². The SMILES string of the molecule is CS(=O)(=O)Nc1ccccc1CC(=O)N(Cc1ccccc1)CC1CCOCC1. The van der Waals surface area contributed by atoms with E-state index in [1.807, 2.05) is 41.3 Å². The van der Waals surface area contributed by atoms with Crippen molar-refractivity contribution in [1.29, 1.82) is 0 Å². The molecule has 156 valence electrons. The minimum absolute atomic E-state index is 0.0110. The van der Waals surface area contributed by atoms with Gasteiger partial charge in [-0.1, -0.05) is 48.5 Å². The monoisotopic (exact) mass is 416 g/mol. The number of para-hydroxylation sites is 1. The zero-order valence-corrected chi connectivity index (χ0v) is 17.5. The normalized spacial score (nSPS) is 15.1. The van der Waals surface area contributed by atoms with Crippen LogP contribution in [0.3, 0.4) is 0 Å². The lowest BCUT2D eigenvalue weighted by atomic mass is 9.98. The maximum Gasteiger partial charge on any atom is 0.229 e. The van der Waals surface area contributed by atoms with Crippen molar-refractivity contribution in [3.05, 3.63) is 65.7 Å². The summed E-state index contributed by atoms with van der Waals surface area (Å²) >= 11 is 0. The molecule has 1 amide bonds. The number of carbonyl (C=O) groups excluding carboxylic acids is 1. The molecule has 2 aromatic rings. The average Bonchev–Trinajstić information content (AvgIpc) is 2.69. The van der Waals surface area contributed by atoms with Crippen molar-refractivity contribution in [3.63, 3.8) is 0 Å². The number of rotatable bonds is 8. The minimum Gasteiger partial charge on any atom is -0.381 e. The fourth-order valence-corrected chi connectivity index (χ4v) is 4.15. The fourth-order valence-electron chi connectivity index (χ4n) is 3.55. The van der Waals surface area contributed by atoms with E-state index in [2.05, 4.69) is 4.72 Å². The van der Waals surface area contributed by atoms with Crippen LogP contribution in [0.2, 0.25) is 0 Å². The third kappa shape index (κ3) is 6.87. The van der Waals surface area contributed by atoms with Crippen LogP contribution in [-0.4, -0.2) is 45.2 Å². The number of hydrogen-bond acceptors (Lipinski definition) is 4. The molecule has 7 heteroatoms. The number of nitrogens with one attached hydrogen (secondary N) is 1. The molecule has 0 bridgehead atoms. The van der Waals surface area contributed by atoms with Gasteiger partial charge in [0.05, 0.1) is 18.4 Å². The van der Waals surface area contributed by atoms with E-state index < -0.39 is 10.0 Å². The number of hydrogen-bond donors (Lipinski definition) is 1. The molecule has 1 heterocycles. The average molecular weight is 417 g/mol. The molecule has 0 atom stereocenters. The van der Waals surface area contributed by atoms with Gasteiger partial charge in [-0.25, -0.2) is 8.42 Å². The molecule has 0 spiro atoms. The molecule has 0 radical (unpaired) electrons. The van der Waals surface area contributed by atoms with E-state index in [4.69, 9.17) is 4.74 Å². The summed E-state index contributed by atoms with van der Waals surface area (Å²) in [5.74, 6) is 0.406. The fraction of sp³-hybridized carbons (Fsp3) is 0.409. The first-order valence-corrected chi connectivity index (χ1v) is 11.7. The minimum atomic E-state index is -3.42. The van der Waals surface area contributed by atoms with Gasteiger partial charge in [0.2, 0.25) is 15.9 Å². The Hall–Kier alpha value is -2.38. The molecule has 1 N–H and O–H groups in total. The second kappa shape index (κ2) is 9.89. The van der Waals surface area contributed by atoms with Crippen LogP contribution >= 0.6 is 0 Å². The number of benzene rings is 2. The lowest BCUT2D eigenvalue weighted by molar-refractivity contribution is -0.132. The highest BCUT2D eigenvalue weighted by molar-refractivity contribution is 7.92. The highest BCUT2D eigenvalue weighted by Gasteiger charge is 2.22. The van der Waals surface area contributed by atoms with Crippen LogP contribution in [0.4, 0.5) is 5.69 Å². The summed E-state index contributed by atoms with van der Waals surface area (Å²) in [5, 5.41) is 0. The lowest BCUT2D eigenvalue weighted by Crippen LogP contribution is -2.37. The van der Waals surface area contributed by atoms with Gasteiger partial charge in [-0.05, 0) is 36.0 Å². The first-order valence-electron chi connectivity index (χ1n) is 9.86. The van der Waals surface area contributed by atoms with Crippen molar-refractivity contribution in [2.75, 3.05) is 30.7 Å². The Bertz CT molecular complexity index is 909. The molecule has 3 rings (SSSR count). The van der Waals surface area contributed by atoms with Crippen LogP contribution < -0.4 is 4.72 Å². The summed E-state index contributed by atoms with van der Waals surface area (Å²) in [6, 6.07) is 17.0. The Balaban J connectivity index is 1.77. The quantitative estimate of drug-likeness (QED) is 0.718. The maximum atomic E-state index is 13.2. The van der Waals surface area contributed by atoms with Gasteiger partial charge < -0.3 is 9.64 Å². The Morgan fingerprint density at radius 3 is 2.41 bits per heavy atom. The van der Waals surface area contributed by atoms with Crippen LogP contribution in [-0.2, 0) is 32.5 Å². The molecule has 0 aromatic heterocycles. The van der Waals surface area contributed by atoms with Crippen LogP contribution in [0.5, 0.6) is 0 Å². The van der Waals surface area contributed by atoms with Gasteiger partial charge in [0.25, 0.3) is 0 Å². The molecule has 29 heavy (non-hydrogen) atoms. The number of nitrogens with zero attached hydrogens (tertiary/aromatic N) is 1. The predicted octanol–water partition coefficient (Wildman–Crippen LogP) is 3.06. The zero-order valence-electron chi connectivity index (χ0n) is 16.7. The molecule has 1 aliphatic heterocycles. The van der Waals surface area contributed by atoms with Gasteiger partial charge >= 0.3 is 0 Å². The van der Waals surface area contributed by atoms with Gasteiger partial charge in [0, 0.05) is 26.3 Å². The van der Waals surface area contributed by atoms with Crippen molar-refractivity contribution < 1.29 is 17.9 Å². The van der Waals surface area contributed by atoms with Crippen LogP contribution in [0.25, 0.3) is 0 Å².